The monoisotopic (exact) mass is 663 g/mol. The lowest BCUT2D eigenvalue weighted by atomic mass is 9.93. The van der Waals surface area contributed by atoms with Crippen LogP contribution in [0.1, 0.15) is 51.6 Å². The molecule has 0 saturated heterocycles. The number of halogens is 8. The van der Waals surface area contributed by atoms with Gasteiger partial charge < -0.3 is 10.6 Å². The molecule has 2 N–H and O–H groups in total. The number of tetrazole rings is 1. The fourth-order valence-electron chi connectivity index (χ4n) is 3.94. The first-order valence-electron chi connectivity index (χ1n) is 12.3. The summed E-state index contributed by atoms with van der Waals surface area (Å²) in [6, 6.07) is 6.76. The second kappa shape index (κ2) is 11.7. The van der Waals surface area contributed by atoms with E-state index in [1.165, 1.54) is 36.5 Å². The molecular formula is C24H17Cl3F5N9O2. The van der Waals surface area contributed by atoms with Gasteiger partial charge in [0.25, 0.3) is 17.6 Å². The van der Waals surface area contributed by atoms with Gasteiger partial charge in [0.05, 0.1) is 27.0 Å². The molecule has 0 atom stereocenters. The van der Waals surface area contributed by atoms with Crippen LogP contribution in [0, 0.1) is 0 Å². The van der Waals surface area contributed by atoms with Crippen LogP contribution in [0.15, 0.2) is 36.5 Å². The molecule has 0 bridgehead atoms. The van der Waals surface area contributed by atoms with Crippen molar-refractivity contribution >= 4 is 52.3 Å². The molecule has 4 aromatic rings. The number of anilines is 1. The number of hydrogen-bond acceptors (Lipinski definition) is 7. The highest BCUT2D eigenvalue weighted by atomic mass is 35.5. The van der Waals surface area contributed by atoms with Gasteiger partial charge in [0.1, 0.15) is 12.2 Å². The largest absolute Gasteiger partial charge is 0.461 e. The van der Waals surface area contributed by atoms with Crippen molar-refractivity contribution in [3.8, 4) is 5.82 Å². The van der Waals surface area contributed by atoms with Gasteiger partial charge in [-0.2, -0.15) is 31.8 Å². The Morgan fingerprint density at radius 2 is 1.74 bits per heavy atom. The van der Waals surface area contributed by atoms with E-state index in [4.69, 9.17) is 34.8 Å². The number of nitrogens with one attached hydrogen (secondary N) is 2. The Morgan fingerprint density at radius 1 is 1.00 bits per heavy atom. The van der Waals surface area contributed by atoms with Gasteiger partial charge in [0, 0.05) is 17.3 Å². The van der Waals surface area contributed by atoms with Crippen LogP contribution in [0.25, 0.3) is 5.82 Å². The van der Waals surface area contributed by atoms with Crippen molar-refractivity contribution < 1.29 is 31.5 Å². The molecule has 2 amide bonds. The average Bonchev–Trinajstić information content (AvgIpc) is 3.55. The van der Waals surface area contributed by atoms with Crippen molar-refractivity contribution in [2.75, 3.05) is 5.32 Å². The van der Waals surface area contributed by atoms with Crippen LogP contribution >= 0.6 is 34.8 Å². The molecule has 11 nitrogen and oxygen atoms in total. The summed E-state index contributed by atoms with van der Waals surface area (Å²) in [5.74, 6) is -8.62. The highest BCUT2D eigenvalue weighted by Gasteiger charge is 2.62. The van der Waals surface area contributed by atoms with E-state index in [0.29, 0.717) is 4.80 Å². The zero-order valence-corrected chi connectivity index (χ0v) is 23.6. The minimum atomic E-state index is -5.94. The van der Waals surface area contributed by atoms with Gasteiger partial charge >= 0.3 is 12.1 Å². The van der Waals surface area contributed by atoms with Gasteiger partial charge in [-0.15, -0.1) is 10.2 Å². The van der Waals surface area contributed by atoms with E-state index in [2.05, 4.69) is 36.1 Å². The molecule has 1 aliphatic rings. The van der Waals surface area contributed by atoms with Crippen molar-refractivity contribution in [1.29, 1.82) is 0 Å². The maximum atomic E-state index is 13.7. The number of hydrogen-bond donors (Lipinski definition) is 2. The molecule has 1 fully saturated rings. The van der Waals surface area contributed by atoms with Crippen molar-refractivity contribution in [1.82, 2.24) is 40.3 Å². The predicted octanol–water partition coefficient (Wildman–Crippen LogP) is 5.45. The SMILES string of the molecule is O=C(NC1CCC1)c1cc(Cl)cc(Cl)c1NC(=O)c1cc(Cn2nnc(C(F)(F)C(F)(F)F)n2)nn1-c1ncccc1Cl. The average molecular weight is 665 g/mol. The summed E-state index contributed by atoms with van der Waals surface area (Å²) in [4.78, 5) is 31.1. The minimum Gasteiger partial charge on any atom is -0.349 e. The molecular weight excluding hydrogens is 648 g/mol. The standard InChI is InChI=1S/C24H17Cl3F5N9O2/c25-11-7-14(20(42)34-12-3-1-4-12)18(16(27)8-11)35-21(43)17-9-13(37-41(17)19-15(26)5-2-6-33-19)10-40-38-22(36-39-40)23(28,29)24(30,31)32/h2,5-9,12H,1,3-4,10H2,(H,34,42)(H,35,43). The summed E-state index contributed by atoms with van der Waals surface area (Å²) >= 11 is 18.7. The minimum absolute atomic E-state index is 0.00940. The third-order valence-corrected chi connectivity index (χ3v) is 7.12. The molecule has 1 aromatic carbocycles. The Labute approximate surface area is 253 Å². The number of nitrogens with zero attached hydrogens (tertiary/aromatic N) is 7. The third-order valence-electron chi connectivity index (χ3n) is 6.30. The number of alkyl halides is 5. The van der Waals surface area contributed by atoms with E-state index < -0.39 is 36.3 Å². The van der Waals surface area contributed by atoms with Crippen LogP contribution in [0.2, 0.25) is 15.1 Å². The summed E-state index contributed by atoms with van der Waals surface area (Å²) < 4.78 is 66.5. The van der Waals surface area contributed by atoms with E-state index >= 15 is 0 Å². The molecule has 1 aliphatic carbocycles. The van der Waals surface area contributed by atoms with Crippen LogP contribution in [-0.4, -0.2) is 59.0 Å². The molecule has 0 aliphatic heterocycles. The van der Waals surface area contributed by atoms with Crippen molar-refractivity contribution in [2.24, 2.45) is 0 Å². The van der Waals surface area contributed by atoms with Gasteiger partial charge in [-0.05, 0) is 54.8 Å². The number of carbonyl (C=O) groups excluding carboxylic acids is 2. The highest BCUT2D eigenvalue weighted by Crippen LogP contribution is 2.42. The Kier molecular flexibility index (Phi) is 8.28. The van der Waals surface area contributed by atoms with Crippen molar-refractivity contribution in [3.05, 3.63) is 74.4 Å². The number of carbonyl (C=O) groups is 2. The van der Waals surface area contributed by atoms with Crippen LogP contribution in [0.5, 0.6) is 0 Å². The first kappa shape index (κ1) is 30.6. The lowest BCUT2D eigenvalue weighted by Crippen LogP contribution is -2.39. The Hall–Kier alpha value is -3.89. The molecule has 0 spiro atoms. The number of aromatic nitrogens is 7. The van der Waals surface area contributed by atoms with Crippen LogP contribution in [0.3, 0.4) is 0 Å². The molecule has 3 aromatic heterocycles. The predicted molar refractivity (Wildman–Crippen MR) is 143 cm³/mol. The Balaban J connectivity index is 1.49. The zero-order chi connectivity index (χ0) is 31.1. The summed E-state index contributed by atoms with van der Waals surface area (Å²) in [6.45, 7) is -0.574. The van der Waals surface area contributed by atoms with E-state index in [1.54, 1.807) is 0 Å². The molecule has 3 heterocycles. The first-order valence-corrected chi connectivity index (χ1v) is 13.4. The zero-order valence-electron chi connectivity index (χ0n) is 21.3. The van der Waals surface area contributed by atoms with Crippen LogP contribution in [-0.2, 0) is 12.5 Å². The maximum Gasteiger partial charge on any atom is 0.461 e. The third kappa shape index (κ3) is 6.26. The first-order chi connectivity index (χ1) is 20.2. The lowest BCUT2D eigenvalue weighted by molar-refractivity contribution is -0.292. The smallest absolute Gasteiger partial charge is 0.349 e. The number of amides is 2. The summed E-state index contributed by atoms with van der Waals surface area (Å²) in [6.07, 6.45) is -2.04. The molecule has 1 saturated carbocycles. The Bertz CT molecular complexity index is 1710. The van der Waals surface area contributed by atoms with Gasteiger partial charge in [0.2, 0.25) is 0 Å². The fraction of sp³-hybridized carbons (Fsp3) is 0.292. The molecule has 226 valence electrons. The maximum absolute atomic E-state index is 13.7. The number of rotatable bonds is 8. The van der Waals surface area contributed by atoms with Crippen LogP contribution < -0.4 is 10.6 Å². The Morgan fingerprint density at radius 3 is 2.40 bits per heavy atom. The van der Waals surface area contributed by atoms with Gasteiger partial charge in [-0.3, -0.25) is 9.59 Å². The fourth-order valence-corrected chi connectivity index (χ4v) is 4.69. The second-order valence-corrected chi connectivity index (χ2v) is 10.6. The van der Waals surface area contributed by atoms with E-state index in [0.717, 1.165) is 23.9 Å². The summed E-state index contributed by atoms with van der Waals surface area (Å²) in [7, 11) is 0. The van der Waals surface area contributed by atoms with Gasteiger partial charge in [-0.25, -0.2) is 9.67 Å². The van der Waals surface area contributed by atoms with Gasteiger partial charge in [0.15, 0.2) is 5.82 Å². The number of benzene rings is 1. The summed E-state index contributed by atoms with van der Waals surface area (Å²) in [5.41, 5.74) is -0.375. The molecule has 0 radical (unpaired) electrons. The number of pyridine rings is 1. The van der Waals surface area contributed by atoms with E-state index in [1.807, 2.05) is 0 Å². The molecule has 0 unspecified atom stereocenters. The van der Waals surface area contributed by atoms with Crippen molar-refractivity contribution in [3.63, 3.8) is 0 Å². The van der Waals surface area contributed by atoms with E-state index in [-0.39, 0.29) is 49.6 Å². The highest BCUT2D eigenvalue weighted by molar-refractivity contribution is 6.38. The topological polar surface area (TPSA) is 133 Å². The van der Waals surface area contributed by atoms with Crippen molar-refractivity contribution in [2.45, 2.75) is 43.9 Å². The second-order valence-electron chi connectivity index (χ2n) is 9.32. The van der Waals surface area contributed by atoms with Crippen LogP contribution in [0.4, 0.5) is 27.6 Å². The molecule has 19 heteroatoms. The van der Waals surface area contributed by atoms with E-state index in [9.17, 15) is 31.5 Å². The molecule has 43 heavy (non-hydrogen) atoms. The summed E-state index contributed by atoms with van der Waals surface area (Å²) in [5, 5.41) is 19.0. The molecule has 5 rings (SSSR count). The quantitative estimate of drug-likeness (QED) is 0.240. The lowest BCUT2D eigenvalue weighted by Gasteiger charge is -2.27. The van der Waals surface area contributed by atoms with Gasteiger partial charge in [-0.1, -0.05) is 34.8 Å². The normalized spacial score (nSPS) is 14.0.